The Morgan fingerprint density at radius 3 is 1.07 bits per heavy atom. The van der Waals surface area contributed by atoms with Crippen LogP contribution in [0.1, 0.15) is 94.2 Å². The maximum atomic E-state index is 7.83. The molecule has 0 bridgehead atoms. The first-order chi connectivity index (χ1) is 41.5. The van der Waals surface area contributed by atoms with Crippen molar-refractivity contribution in [3.63, 3.8) is 0 Å². The summed E-state index contributed by atoms with van der Waals surface area (Å²) in [6, 6.07) is 61.1. The molecule has 0 N–H and O–H groups in total. The summed E-state index contributed by atoms with van der Waals surface area (Å²) in [7, 11) is 10.2. The number of aryl methyl sites for hydroxylation is 14. The Kier molecular flexibility index (Phi) is 18.6. The summed E-state index contributed by atoms with van der Waals surface area (Å²) in [5.74, 6) is 0.711. The minimum absolute atomic E-state index is 0.183. The Morgan fingerprint density at radius 2 is 0.713 bits per heavy atom. The lowest BCUT2D eigenvalue weighted by Crippen LogP contribution is -2.30. The summed E-state index contributed by atoms with van der Waals surface area (Å²) in [6.45, 7) is 14.5. The van der Waals surface area contributed by atoms with Crippen LogP contribution < -0.4 is 22.8 Å². The van der Waals surface area contributed by atoms with Gasteiger partial charge in [-0.25, -0.2) is 22.8 Å². The third-order valence-electron chi connectivity index (χ3n) is 14.3. The average molecular weight is 1070 g/mol. The second-order valence-corrected chi connectivity index (χ2v) is 21.2. The van der Waals surface area contributed by atoms with Gasteiger partial charge >= 0.3 is 0 Å². The number of nitrogens with zero attached hydrogens (tertiary/aromatic N) is 5. The average Bonchev–Trinajstić information content (AvgIpc) is 2.67. The fourth-order valence-corrected chi connectivity index (χ4v) is 9.85. The lowest BCUT2D eigenvalue weighted by atomic mass is 9.97. The van der Waals surface area contributed by atoms with Gasteiger partial charge in [0.15, 0.2) is 31.0 Å². The predicted molar refractivity (Wildman–Crippen MR) is 336 cm³/mol. The first kappa shape index (κ1) is 50.1. The number of pyridine rings is 5. The van der Waals surface area contributed by atoms with E-state index in [1.807, 2.05) is 91.9 Å². The van der Waals surface area contributed by atoms with Crippen molar-refractivity contribution >= 4 is 0 Å². The van der Waals surface area contributed by atoms with Gasteiger partial charge in [0.2, 0.25) is 28.5 Å². The maximum Gasteiger partial charge on any atom is 0.212 e. The summed E-state index contributed by atoms with van der Waals surface area (Å²) in [5, 5.41) is 0. The molecule has 0 atom stereocenters. The summed E-state index contributed by atoms with van der Waals surface area (Å²) < 4.78 is 70.4. The van der Waals surface area contributed by atoms with Gasteiger partial charge in [-0.2, -0.15) is 0 Å². The van der Waals surface area contributed by atoms with Gasteiger partial charge in [-0.1, -0.05) is 99.4 Å². The molecule has 0 spiro atoms. The molecule has 5 heteroatoms. The molecule has 0 saturated heterocycles. The smallest absolute Gasteiger partial charge is 0.201 e. The van der Waals surface area contributed by atoms with E-state index in [1.54, 1.807) is 30.3 Å². The van der Waals surface area contributed by atoms with Crippen LogP contribution in [-0.4, -0.2) is 0 Å². The normalized spacial score (nSPS) is 12.5. The fourth-order valence-electron chi connectivity index (χ4n) is 9.85. The van der Waals surface area contributed by atoms with Crippen LogP contribution in [-0.2, 0) is 54.5 Å². The number of rotatable bonds is 9. The van der Waals surface area contributed by atoms with E-state index in [4.69, 9.17) is 11.0 Å². The predicted octanol–water partition coefficient (Wildman–Crippen LogP) is 15.4. The minimum Gasteiger partial charge on any atom is -0.201 e. The molecule has 0 radical (unpaired) electrons. The first-order valence-electron chi connectivity index (χ1n) is 31.8. The highest BCUT2D eigenvalue weighted by Crippen LogP contribution is 2.26. The molecule has 0 fully saturated rings. The highest BCUT2D eigenvalue weighted by atomic mass is 14.9. The van der Waals surface area contributed by atoms with Crippen molar-refractivity contribution in [2.75, 3.05) is 0 Å². The van der Waals surface area contributed by atoms with Crippen molar-refractivity contribution in [3.05, 3.63) is 269 Å². The van der Waals surface area contributed by atoms with E-state index < -0.39 is 20.1 Å². The SMILES string of the molecule is CCc1ccc(-c2cccc[n+]2C)c(C)c1.Cc1cc(CC(C)C)ccc1-c1cccc[n+]1C.Cc1ccc(C)c(-c2cccc[n+]2C)c1.[2H]C([2H])([2H])C([2H])([2H])c1ccc(-c2cccc[n+]2C)c(C)c1.[2H]C([2H])([2H])c1ccc(-c2cccc[n+]2C)c(C)c1. The van der Waals surface area contributed by atoms with Crippen molar-refractivity contribution in [3.8, 4) is 56.3 Å². The van der Waals surface area contributed by atoms with Gasteiger partial charge in [0.1, 0.15) is 35.2 Å². The zero-order valence-electron chi connectivity index (χ0n) is 57.9. The monoisotopic (exact) mass is 1070 g/mol. The molecular weight excluding hydrogens is 971 g/mol. The van der Waals surface area contributed by atoms with E-state index in [0.29, 0.717) is 11.5 Å². The van der Waals surface area contributed by atoms with Gasteiger partial charge in [0.05, 0.1) is 0 Å². The summed E-state index contributed by atoms with van der Waals surface area (Å²) in [5.41, 5.74) is 22.4. The molecule has 5 heterocycles. The zero-order chi connectivity index (χ0) is 64.7. The Hall–Kier alpha value is -8.15. The molecule has 0 saturated carbocycles. The van der Waals surface area contributed by atoms with Crippen LogP contribution in [0.4, 0.5) is 0 Å². The molecule has 0 unspecified atom stereocenters. The zero-order valence-corrected chi connectivity index (χ0v) is 49.9. The van der Waals surface area contributed by atoms with Crippen LogP contribution in [0.2, 0.25) is 0 Å². The summed E-state index contributed by atoms with van der Waals surface area (Å²) in [4.78, 5) is 0. The molecule has 10 rings (SSSR count). The van der Waals surface area contributed by atoms with E-state index in [9.17, 15) is 0 Å². The van der Waals surface area contributed by atoms with E-state index in [1.165, 1.54) is 67.2 Å². The minimum atomic E-state index is -2.68. The van der Waals surface area contributed by atoms with E-state index in [-0.39, 0.29) is 5.56 Å². The third-order valence-corrected chi connectivity index (χ3v) is 14.3. The summed E-state index contributed by atoms with van der Waals surface area (Å²) in [6.07, 6.45) is 10.1. The van der Waals surface area contributed by atoms with Crippen LogP contribution in [0.15, 0.2) is 213 Å². The molecule has 5 aromatic carbocycles. The topological polar surface area (TPSA) is 19.4 Å². The molecule has 80 heavy (non-hydrogen) atoms. The van der Waals surface area contributed by atoms with Crippen LogP contribution in [0.5, 0.6) is 0 Å². The van der Waals surface area contributed by atoms with Crippen LogP contribution >= 0.6 is 0 Å². The van der Waals surface area contributed by atoms with Gasteiger partial charge < -0.3 is 0 Å². The van der Waals surface area contributed by atoms with Crippen molar-refractivity contribution in [1.29, 1.82) is 0 Å². The third kappa shape index (κ3) is 16.9. The lowest BCUT2D eigenvalue weighted by Gasteiger charge is -2.09. The lowest BCUT2D eigenvalue weighted by molar-refractivity contribution is -0.660. The van der Waals surface area contributed by atoms with Gasteiger partial charge in [0, 0.05) is 99.4 Å². The molecule has 5 aromatic heterocycles. The van der Waals surface area contributed by atoms with Crippen molar-refractivity contribution in [2.45, 2.75) is 95.2 Å². The van der Waals surface area contributed by atoms with Crippen molar-refractivity contribution in [2.24, 2.45) is 41.2 Å². The number of hydrogen-bond acceptors (Lipinski definition) is 0. The first-order valence-corrected chi connectivity index (χ1v) is 27.8. The van der Waals surface area contributed by atoms with E-state index >= 15 is 0 Å². The highest BCUT2D eigenvalue weighted by Gasteiger charge is 2.15. The Morgan fingerprint density at radius 1 is 0.362 bits per heavy atom. The number of aromatic nitrogens is 5. The number of hydrogen-bond donors (Lipinski definition) is 0. The Balaban J connectivity index is 0.000000176. The van der Waals surface area contributed by atoms with Gasteiger partial charge in [-0.05, 0) is 179 Å². The van der Waals surface area contributed by atoms with Crippen molar-refractivity contribution in [1.82, 2.24) is 0 Å². The molecule has 0 aliphatic carbocycles. The van der Waals surface area contributed by atoms with Crippen molar-refractivity contribution < 1.29 is 33.8 Å². The van der Waals surface area contributed by atoms with Crippen LogP contribution in [0.3, 0.4) is 0 Å². The van der Waals surface area contributed by atoms with Gasteiger partial charge in [-0.15, -0.1) is 0 Å². The molecule has 0 aliphatic heterocycles. The standard InChI is InChI=1S/C17H22N.2C15H18N.2C14H16N/c1-13(2)11-15-8-9-16(14(3)12-15)17-7-5-6-10-18(17)4;2*1-4-13-8-9-14(12(2)11-13)15-7-5-6-10-16(15)3;1-11-7-8-13(12(2)10-11)14-6-4-5-9-15(14)3;1-11-7-8-12(2)13(10-11)14-6-4-5-9-15(14)3/h5-10,12-13H,11H2,1-4H3;2*5-11H,4H2,1-3H3;2*4-10H,1-3H3/q5*+1/i;1D3,4D2;;1D3;. The molecule has 0 amide bonds. The fraction of sp³-hybridized carbons (Fsp3) is 0.267. The maximum absolute atomic E-state index is 7.83. The molecule has 10 aromatic rings. The van der Waals surface area contributed by atoms with Gasteiger partial charge in [-0.3, -0.25) is 0 Å². The molecule has 5 nitrogen and oxygen atoms in total. The van der Waals surface area contributed by atoms with Crippen LogP contribution in [0.25, 0.3) is 56.3 Å². The second-order valence-electron chi connectivity index (χ2n) is 21.2. The highest BCUT2D eigenvalue weighted by molar-refractivity contribution is 5.65. The van der Waals surface area contributed by atoms with Gasteiger partial charge in [0.25, 0.3) is 0 Å². The molecular formula is C75H90N5+5. The summed E-state index contributed by atoms with van der Waals surface area (Å²) >= 11 is 0. The number of benzene rings is 5. The molecule has 0 aliphatic rings. The Labute approximate surface area is 493 Å². The van der Waals surface area contributed by atoms with E-state index in [0.717, 1.165) is 46.5 Å². The second kappa shape index (κ2) is 29.7. The van der Waals surface area contributed by atoms with E-state index in [2.05, 4.69) is 211 Å². The van der Waals surface area contributed by atoms with Crippen LogP contribution in [0, 0.1) is 54.3 Å². The largest absolute Gasteiger partial charge is 0.212 e. The Bertz CT molecular complexity index is 3960. The molecule has 410 valence electrons. The quantitative estimate of drug-likeness (QED) is 0.128.